The lowest BCUT2D eigenvalue weighted by Gasteiger charge is -2.33. The first kappa shape index (κ1) is 16.6. The molecule has 1 aliphatic heterocycles. The van der Waals surface area contributed by atoms with Crippen LogP contribution in [-0.2, 0) is 0 Å². The maximum atomic E-state index is 12.5. The number of hydrogen-bond donors (Lipinski definition) is 4. The number of fused-ring (bicyclic) bond motifs is 1. The first-order valence-electron chi connectivity index (χ1n) is 8.73. The van der Waals surface area contributed by atoms with Gasteiger partial charge in [0, 0.05) is 17.6 Å². The zero-order valence-electron chi connectivity index (χ0n) is 14.1. The van der Waals surface area contributed by atoms with E-state index < -0.39 is 0 Å². The SMILES string of the molecule is N#Cc1ccc(C(=O)NC2CCC3NNC(c4ccoc4)C3C2)c(O)c1. The third-order valence-corrected chi connectivity index (χ3v) is 5.36. The molecule has 1 aliphatic carbocycles. The summed E-state index contributed by atoms with van der Waals surface area (Å²) in [5.41, 5.74) is 8.30. The third-order valence-electron chi connectivity index (χ3n) is 5.36. The van der Waals surface area contributed by atoms with E-state index in [2.05, 4.69) is 16.2 Å². The van der Waals surface area contributed by atoms with Crippen molar-refractivity contribution in [2.75, 3.05) is 0 Å². The molecule has 7 nitrogen and oxygen atoms in total. The molecule has 2 aromatic rings. The average Bonchev–Trinajstić information content (AvgIpc) is 3.30. The van der Waals surface area contributed by atoms with Crippen LogP contribution < -0.4 is 16.2 Å². The molecule has 7 heteroatoms. The molecule has 4 atom stereocenters. The van der Waals surface area contributed by atoms with Gasteiger partial charge in [-0.05, 0) is 49.4 Å². The standard InChI is InChI=1S/C19H20N4O3/c20-9-11-1-3-14(17(24)7-11)19(25)21-13-2-4-16-15(8-13)18(23-22-16)12-5-6-26-10-12/h1,3,5-7,10,13,15-16,18,22-24H,2,4,8H2,(H,21,25). The Morgan fingerprint density at radius 3 is 2.92 bits per heavy atom. The number of carbonyl (C=O) groups excluding carboxylic acids is 1. The Bertz CT molecular complexity index is 843. The number of hydrazine groups is 1. The summed E-state index contributed by atoms with van der Waals surface area (Å²) in [7, 11) is 0. The van der Waals surface area contributed by atoms with Gasteiger partial charge in [0.25, 0.3) is 5.91 Å². The van der Waals surface area contributed by atoms with Crippen LogP contribution in [0.15, 0.2) is 41.2 Å². The smallest absolute Gasteiger partial charge is 0.255 e. The number of carbonyl (C=O) groups is 1. The number of hydrogen-bond acceptors (Lipinski definition) is 6. The molecule has 4 rings (SSSR count). The monoisotopic (exact) mass is 352 g/mol. The van der Waals surface area contributed by atoms with Gasteiger partial charge in [0.05, 0.1) is 35.8 Å². The molecule has 1 amide bonds. The van der Waals surface area contributed by atoms with Gasteiger partial charge in [-0.15, -0.1) is 0 Å². The second-order valence-corrected chi connectivity index (χ2v) is 6.92. The Labute approximate surface area is 151 Å². The van der Waals surface area contributed by atoms with E-state index in [1.165, 1.54) is 18.2 Å². The first-order chi connectivity index (χ1) is 12.7. The van der Waals surface area contributed by atoms with Gasteiger partial charge in [0.1, 0.15) is 5.75 Å². The number of benzene rings is 1. The molecule has 2 aliphatic rings. The minimum absolute atomic E-state index is 0.0369. The van der Waals surface area contributed by atoms with E-state index >= 15 is 0 Å². The van der Waals surface area contributed by atoms with E-state index in [0.717, 1.165) is 24.8 Å². The molecule has 4 N–H and O–H groups in total. The van der Waals surface area contributed by atoms with Crippen LogP contribution in [0.1, 0.15) is 46.8 Å². The molecule has 1 aromatic carbocycles. The van der Waals surface area contributed by atoms with Crippen molar-refractivity contribution in [1.82, 2.24) is 16.2 Å². The maximum Gasteiger partial charge on any atom is 0.255 e. The summed E-state index contributed by atoms with van der Waals surface area (Å²) in [6.07, 6.45) is 6.08. The number of aromatic hydroxyl groups is 1. The van der Waals surface area contributed by atoms with E-state index in [9.17, 15) is 9.90 Å². The molecule has 1 saturated heterocycles. The van der Waals surface area contributed by atoms with Crippen LogP contribution in [0.5, 0.6) is 5.75 Å². The van der Waals surface area contributed by atoms with Gasteiger partial charge in [-0.3, -0.25) is 10.2 Å². The number of rotatable bonds is 3. The Balaban J connectivity index is 1.44. The van der Waals surface area contributed by atoms with Gasteiger partial charge in [0.15, 0.2) is 0 Å². The van der Waals surface area contributed by atoms with Crippen molar-refractivity contribution in [2.45, 2.75) is 37.4 Å². The highest BCUT2D eigenvalue weighted by Crippen LogP contribution is 2.38. The normalized spacial score (nSPS) is 27.5. The summed E-state index contributed by atoms with van der Waals surface area (Å²) in [5, 5.41) is 21.9. The highest BCUT2D eigenvalue weighted by Gasteiger charge is 2.41. The van der Waals surface area contributed by atoms with Crippen LogP contribution in [-0.4, -0.2) is 23.1 Å². The van der Waals surface area contributed by atoms with E-state index in [4.69, 9.17) is 9.68 Å². The van der Waals surface area contributed by atoms with Crippen LogP contribution in [0.3, 0.4) is 0 Å². The number of nitrogens with zero attached hydrogens (tertiary/aromatic N) is 1. The maximum absolute atomic E-state index is 12.5. The van der Waals surface area contributed by atoms with Gasteiger partial charge in [0.2, 0.25) is 0 Å². The number of nitriles is 1. The number of nitrogens with one attached hydrogen (secondary N) is 3. The van der Waals surface area contributed by atoms with E-state index in [0.29, 0.717) is 17.5 Å². The fraction of sp³-hybridized carbons (Fsp3) is 0.368. The number of phenols is 1. The fourth-order valence-electron chi connectivity index (χ4n) is 4.03. The molecule has 2 fully saturated rings. The predicted molar refractivity (Wildman–Crippen MR) is 92.9 cm³/mol. The minimum Gasteiger partial charge on any atom is -0.507 e. The second-order valence-electron chi connectivity index (χ2n) is 6.92. The quantitative estimate of drug-likeness (QED) is 0.672. The van der Waals surface area contributed by atoms with Crippen molar-refractivity contribution >= 4 is 5.91 Å². The fourth-order valence-corrected chi connectivity index (χ4v) is 4.03. The van der Waals surface area contributed by atoms with E-state index in [1.807, 2.05) is 12.1 Å². The molecule has 26 heavy (non-hydrogen) atoms. The molecule has 4 unspecified atom stereocenters. The topological polar surface area (TPSA) is 110 Å². The zero-order valence-corrected chi connectivity index (χ0v) is 14.1. The van der Waals surface area contributed by atoms with Crippen LogP contribution in [0.25, 0.3) is 0 Å². The molecular weight excluding hydrogens is 332 g/mol. The second kappa shape index (κ2) is 6.83. The number of phenolic OH excluding ortho intramolecular Hbond substituents is 1. The lowest BCUT2D eigenvalue weighted by atomic mass is 9.77. The molecule has 0 radical (unpaired) electrons. The lowest BCUT2D eigenvalue weighted by Crippen LogP contribution is -2.44. The lowest BCUT2D eigenvalue weighted by molar-refractivity contribution is 0.0912. The summed E-state index contributed by atoms with van der Waals surface area (Å²) in [4.78, 5) is 12.5. The van der Waals surface area contributed by atoms with Crippen molar-refractivity contribution < 1.29 is 14.3 Å². The number of furan rings is 1. The van der Waals surface area contributed by atoms with Crippen molar-refractivity contribution in [3.63, 3.8) is 0 Å². The van der Waals surface area contributed by atoms with Crippen molar-refractivity contribution in [1.29, 1.82) is 5.26 Å². The molecule has 134 valence electrons. The van der Waals surface area contributed by atoms with Crippen LogP contribution in [0, 0.1) is 17.2 Å². The molecule has 0 bridgehead atoms. The van der Waals surface area contributed by atoms with Gasteiger partial charge in [-0.25, -0.2) is 5.43 Å². The van der Waals surface area contributed by atoms with Crippen LogP contribution in [0.4, 0.5) is 0 Å². The third kappa shape index (κ3) is 3.05. The molecule has 0 spiro atoms. The average molecular weight is 352 g/mol. The molecule has 2 heterocycles. The summed E-state index contributed by atoms with van der Waals surface area (Å²) < 4.78 is 5.20. The van der Waals surface area contributed by atoms with Crippen molar-refractivity contribution in [3.8, 4) is 11.8 Å². The summed E-state index contributed by atoms with van der Waals surface area (Å²) in [5.74, 6) is -0.133. The highest BCUT2D eigenvalue weighted by atomic mass is 16.3. The van der Waals surface area contributed by atoms with Crippen molar-refractivity contribution in [3.05, 3.63) is 53.5 Å². The molecular formula is C19H20N4O3. The Morgan fingerprint density at radius 1 is 1.31 bits per heavy atom. The largest absolute Gasteiger partial charge is 0.507 e. The zero-order chi connectivity index (χ0) is 18.1. The molecule has 1 saturated carbocycles. The van der Waals surface area contributed by atoms with Crippen LogP contribution >= 0.6 is 0 Å². The van der Waals surface area contributed by atoms with Gasteiger partial charge < -0.3 is 14.8 Å². The van der Waals surface area contributed by atoms with E-state index in [1.54, 1.807) is 12.5 Å². The Hall–Kier alpha value is -2.82. The van der Waals surface area contributed by atoms with Gasteiger partial charge in [-0.1, -0.05) is 0 Å². The van der Waals surface area contributed by atoms with E-state index in [-0.39, 0.29) is 29.3 Å². The summed E-state index contributed by atoms with van der Waals surface area (Å²) in [6, 6.07) is 8.79. The minimum atomic E-state index is -0.311. The first-order valence-corrected chi connectivity index (χ1v) is 8.73. The molecule has 1 aromatic heterocycles. The van der Waals surface area contributed by atoms with Gasteiger partial charge in [-0.2, -0.15) is 5.26 Å². The summed E-state index contributed by atoms with van der Waals surface area (Å²) >= 11 is 0. The van der Waals surface area contributed by atoms with Gasteiger partial charge >= 0.3 is 0 Å². The van der Waals surface area contributed by atoms with Crippen molar-refractivity contribution in [2.24, 2.45) is 5.92 Å². The Kier molecular flexibility index (Phi) is 4.37. The number of amides is 1. The summed E-state index contributed by atoms with van der Waals surface area (Å²) in [6.45, 7) is 0. The Morgan fingerprint density at radius 2 is 2.19 bits per heavy atom. The highest BCUT2D eigenvalue weighted by molar-refractivity contribution is 5.97. The predicted octanol–water partition coefficient (Wildman–Crippen LogP) is 1.97. The van der Waals surface area contributed by atoms with Crippen LogP contribution in [0.2, 0.25) is 0 Å².